The van der Waals surface area contributed by atoms with E-state index in [1.54, 1.807) is 59.4 Å². The second kappa shape index (κ2) is 10.1. The van der Waals surface area contributed by atoms with Gasteiger partial charge in [-0.05, 0) is 47.3 Å². The molecule has 0 spiro atoms. The number of nitrogens with one attached hydrogen (secondary N) is 1. The van der Waals surface area contributed by atoms with Crippen LogP contribution >= 0.6 is 0 Å². The quantitative estimate of drug-likeness (QED) is 0.239. The maximum absolute atomic E-state index is 13.2. The Bertz CT molecular complexity index is 1850. The van der Waals surface area contributed by atoms with Gasteiger partial charge in [0.1, 0.15) is 5.69 Å². The highest BCUT2D eigenvalue weighted by Crippen LogP contribution is 2.40. The van der Waals surface area contributed by atoms with E-state index in [-0.39, 0.29) is 29.6 Å². The number of rotatable bonds is 6. The van der Waals surface area contributed by atoms with Gasteiger partial charge in [0.2, 0.25) is 5.95 Å². The number of aromatic nitrogens is 4. The first-order chi connectivity index (χ1) is 19.1. The number of aliphatic hydroxyl groups excluding tert-OH is 1. The monoisotopic (exact) mass is 515 g/mol. The normalized spacial score (nSPS) is 11.4. The molecule has 0 aliphatic rings. The Balaban J connectivity index is 1.44. The molecule has 2 heterocycles. The number of phenols is 1. The molecular weight excluding hydrogens is 494 g/mol. The highest BCUT2D eigenvalue weighted by molar-refractivity contribution is 6.11. The molecule has 4 aromatic carbocycles. The van der Waals surface area contributed by atoms with Crippen molar-refractivity contribution in [1.29, 1.82) is 0 Å². The summed E-state index contributed by atoms with van der Waals surface area (Å²) in [7, 11) is 0. The predicted molar refractivity (Wildman–Crippen MR) is 147 cm³/mol. The third kappa shape index (κ3) is 4.56. The summed E-state index contributed by atoms with van der Waals surface area (Å²) >= 11 is 0. The molecule has 0 unspecified atom stereocenters. The fourth-order valence-electron chi connectivity index (χ4n) is 4.26. The summed E-state index contributed by atoms with van der Waals surface area (Å²) < 4.78 is 1.67. The van der Waals surface area contributed by atoms with Crippen molar-refractivity contribution >= 4 is 45.0 Å². The van der Waals surface area contributed by atoms with Gasteiger partial charge in [0.05, 0.1) is 23.2 Å². The van der Waals surface area contributed by atoms with Crippen LogP contribution in [-0.2, 0) is 6.61 Å². The molecule has 0 aliphatic carbocycles. The molecule has 6 aromatic rings. The van der Waals surface area contributed by atoms with Gasteiger partial charge in [-0.1, -0.05) is 48.5 Å². The van der Waals surface area contributed by atoms with E-state index in [0.717, 1.165) is 11.1 Å². The average Bonchev–Trinajstić information content (AvgIpc) is 3.35. The number of nitrogens with zero attached hydrogens (tertiary/aromatic N) is 6. The van der Waals surface area contributed by atoms with Crippen molar-refractivity contribution in [3.63, 3.8) is 0 Å². The number of carbonyl (C=O) groups excluding carboxylic acids is 1. The van der Waals surface area contributed by atoms with E-state index < -0.39 is 5.91 Å². The van der Waals surface area contributed by atoms with E-state index in [1.807, 2.05) is 42.5 Å². The van der Waals surface area contributed by atoms with Gasteiger partial charge in [-0.2, -0.15) is 0 Å². The first kappa shape index (κ1) is 23.9. The smallest absolute Gasteiger partial charge is 0.259 e. The van der Waals surface area contributed by atoms with Crippen LogP contribution in [0.2, 0.25) is 0 Å². The lowest BCUT2D eigenvalue weighted by molar-refractivity contribution is 0.102. The average molecular weight is 516 g/mol. The molecule has 2 aromatic heterocycles. The Hall–Kier alpha value is -5.48. The van der Waals surface area contributed by atoms with Gasteiger partial charge in [-0.25, -0.2) is 19.5 Å². The molecule has 10 nitrogen and oxygen atoms in total. The standard InChI is InChI=1S/C29H21N7O3/c37-17-18-10-12-20(13-11-18)32-27(39)22-16-19-6-1-2-7-21(19)25(26(22)38)34-35-29-33-23-8-3-4-9-24(23)36(29)28-30-14-5-15-31-28/h1-16,37-38H,17H2,(H,32,39)/b35-34+. The fourth-order valence-corrected chi connectivity index (χ4v) is 4.26. The molecule has 0 fully saturated rings. The SMILES string of the molecule is O=C(Nc1ccc(CO)cc1)c1cc2ccccc2c(/N=N/c2nc3ccccc3n2-c2ncccn2)c1O. The van der Waals surface area contributed by atoms with Crippen LogP contribution < -0.4 is 5.32 Å². The number of amides is 1. The number of hydrogen-bond acceptors (Lipinski definition) is 8. The molecular formula is C29H21N7O3. The second-order valence-corrected chi connectivity index (χ2v) is 8.64. The number of azo groups is 1. The number of aliphatic hydroxyl groups is 1. The summed E-state index contributed by atoms with van der Waals surface area (Å²) in [4.78, 5) is 26.4. The van der Waals surface area contributed by atoms with Gasteiger partial charge in [-0.3, -0.25) is 4.79 Å². The molecule has 10 heteroatoms. The zero-order chi connectivity index (χ0) is 26.8. The lowest BCUT2D eigenvalue weighted by atomic mass is 10.0. The van der Waals surface area contributed by atoms with Crippen molar-refractivity contribution in [1.82, 2.24) is 19.5 Å². The lowest BCUT2D eigenvalue weighted by Crippen LogP contribution is -2.12. The number of aromatic hydroxyl groups is 1. The second-order valence-electron chi connectivity index (χ2n) is 8.64. The molecule has 6 rings (SSSR count). The summed E-state index contributed by atoms with van der Waals surface area (Å²) in [6.45, 7) is -0.0990. The van der Waals surface area contributed by atoms with Crippen LogP contribution in [0, 0.1) is 0 Å². The van der Waals surface area contributed by atoms with Crippen LogP contribution in [0.4, 0.5) is 17.3 Å². The Morgan fingerprint density at radius 3 is 2.44 bits per heavy atom. The van der Waals surface area contributed by atoms with E-state index in [2.05, 4.69) is 30.5 Å². The minimum atomic E-state index is -0.517. The van der Waals surface area contributed by atoms with Crippen LogP contribution in [0.15, 0.2) is 108 Å². The van der Waals surface area contributed by atoms with Crippen molar-refractivity contribution in [3.05, 3.63) is 108 Å². The zero-order valence-corrected chi connectivity index (χ0v) is 20.4. The van der Waals surface area contributed by atoms with E-state index in [1.165, 1.54) is 0 Å². The number of anilines is 1. The fraction of sp³-hybridized carbons (Fsp3) is 0.0345. The first-order valence-corrected chi connectivity index (χ1v) is 12.0. The van der Waals surface area contributed by atoms with E-state index >= 15 is 0 Å². The summed E-state index contributed by atoms with van der Waals surface area (Å²) in [6.07, 6.45) is 3.24. The maximum atomic E-state index is 13.2. The minimum Gasteiger partial charge on any atom is -0.505 e. The summed E-state index contributed by atoms with van der Waals surface area (Å²) in [5.74, 6) is -0.254. The maximum Gasteiger partial charge on any atom is 0.259 e. The summed E-state index contributed by atoms with van der Waals surface area (Å²) in [6, 6.07) is 24.8. The molecule has 0 atom stereocenters. The van der Waals surface area contributed by atoms with Gasteiger partial charge in [0.25, 0.3) is 11.9 Å². The van der Waals surface area contributed by atoms with Crippen LogP contribution in [0.5, 0.6) is 5.75 Å². The summed E-state index contributed by atoms with van der Waals surface area (Å²) in [5, 5.41) is 33.3. The van der Waals surface area contributed by atoms with Gasteiger partial charge < -0.3 is 15.5 Å². The molecule has 39 heavy (non-hydrogen) atoms. The van der Waals surface area contributed by atoms with Crippen molar-refractivity contribution in [3.8, 4) is 11.7 Å². The largest absolute Gasteiger partial charge is 0.505 e. The number of phenolic OH excluding ortho intramolecular Hbond substituents is 1. The molecule has 0 radical (unpaired) electrons. The van der Waals surface area contributed by atoms with Crippen molar-refractivity contribution in [2.45, 2.75) is 6.61 Å². The first-order valence-electron chi connectivity index (χ1n) is 12.0. The molecule has 0 saturated heterocycles. The lowest BCUT2D eigenvalue weighted by Gasteiger charge is -2.11. The van der Waals surface area contributed by atoms with Gasteiger partial charge in [-0.15, -0.1) is 10.2 Å². The Morgan fingerprint density at radius 1 is 0.897 bits per heavy atom. The third-order valence-electron chi connectivity index (χ3n) is 6.17. The highest BCUT2D eigenvalue weighted by atomic mass is 16.3. The van der Waals surface area contributed by atoms with Crippen molar-refractivity contribution < 1.29 is 15.0 Å². The van der Waals surface area contributed by atoms with E-state index in [0.29, 0.717) is 27.9 Å². The highest BCUT2D eigenvalue weighted by Gasteiger charge is 2.20. The zero-order valence-electron chi connectivity index (χ0n) is 20.4. The predicted octanol–water partition coefficient (Wildman–Crippen LogP) is 5.83. The topological polar surface area (TPSA) is 138 Å². The number of benzene rings is 4. The Kier molecular flexibility index (Phi) is 6.20. The van der Waals surface area contributed by atoms with Crippen molar-refractivity contribution in [2.75, 3.05) is 5.32 Å². The van der Waals surface area contributed by atoms with Crippen molar-refractivity contribution in [2.24, 2.45) is 10.2 Å². The van der Waals surface area contributed by atoms with E-state index in [9.17, 15) is 15.0 Å². The minimum absolute atomic E-state index is 0.0359. The number of para-hydroxylation sites is 2. The molecule has 1 amide bonds. The summed E-state index contributed by atoms with van der Waals surface area (Å²) in [5.41, 5.74) is 2.82. The molecule has 0 bridgehead atoms. The Morgan fingerprint density at radius 2 is 1.64 bits per heavy atom. The van der Waals surface area contributed by atoms with Crippen LogP contribution in [0.1, 0.15) is 15.9 Å². The number of carbonyl (C=O) groups is 1. The number of hydrogen-bond donors (Lipinski definition) is 3. The third-order valence-corrected chi connectivity index (χ3v) is 6.17. The number of fused-ring (bicyclic) bond motifs is 2. The van der Waals surface area contributed by atoms with Gasteiger partial charge in [0.15, 0.2) is 5.75 Å². The van der Waals surface area contributed by atoms with E-state index in [4.69, 9.17) is 0 Å². The van der Waals surface area contributed by atoms with Gasteiger partial charge in [0, 0.05) is 23.5 Å². The van der Waals surface area contributed by atoms with Crippen LogP contribution in [0.25, 0.3) is 27.8 Å². The molecule has 190 valence electrons. The number of imidazole rings is 1. The van der Waals surface area contributed by atoms with Gasteiger partial charge >= 0.3 is 0 Å². The molecule has 3 N–H and O–H groups in total. The molecule has 0 saturated carbocycles. The van der Waals surface area contributed by atoms with Crippen LogP contribution in [-0.4, -0.2) is 35.6 Å². The molecule has 0 aliphatic heterocycles. The Labute approximate surface area is 222 Å². The van der Waals surface area contributed by atoms with Crippen LogP contribution in [0.3, 0.4) is 0 Å².